The summed E-state index contributed by atoms with van der Waals surface area (Å²) in [6, 6.07) is 20.2. The van der Waals surface area contributed by atoms with Crippen LogP contribution in [0.1, 0.15) is 107 Å². The van der Waals surface area contributed by atoms with Gasteiger partial charge in [0.05, 0.1) is 11.1 Å². The van der Waals surface area contributed by atoms with Crippen molar-refractivity contribution < 1.29 is 19.1 Å². The predicted molar refractivity (Wildman–Crippen MR) is 141 cm³/mol. The zero-order chi connectivity index (χ0) is 24.9. The molecule has 3 aromatic rings. The van der Waals surface area contributed by atoms with Crippen LogP contribution in [0.25, 0.3) is 0 Å². The van der Waals surface area contributed by atoms with Crippen molar-refractivity contribution in [2.75, 3.05) is 0 Å². The van der Waals surface area contributed by atoms with E-state index >= 15 is 0 Å². The minimum absolute atomic E-state index is 0.294. The highest BCUT2D eigenvalue weighted by molar-refractivity contribution is 5.93. The second-order valence-electron chi connectivity index (χ2n) is 10.2. The van der Waals surface area contributed by atoms with Gasteiger partial charge in [-0.2, -0.15) is 0 Å². The van der Waals surface area contributed by atoms with Crippen molar-refractivity contribution >= 4 is 11.9 Å². The van der Waals surface area contributed by atoms with E-state index in [-0.39, 0.29) is 0 Å². The van der Waals surface area contributed by atoms with Crippen LogP contribution in [0.3, 0.4) is 0 Å². The fraction of sp³-hybridized carbons (Fsp3) is 0.375. The van der Waals surface area contributed by atoms with Crippen molar-refractivity contribution in [2.24, 2.45) is 0 Å². The van der Waals surface area contributed by atoms with Gasteiger partial charge in [0.15, 0.2) is 11.5 Å². The molecule has 4 nitrogen and oxygen atoms in total. The van der Waals surface area contributed by atoms with Crippen LogP contribution in [0, 0.1) is 6.92 Å². The zero-order valence-electron chi connectivity index (χ0n) is 21.0. The van der Waals surface area contributed by atoms with Crippen LogP contribution in [0.4, 0.5) is 0 Å². The summed E-state index contributed by atoms with van der Waals surface area (Å²) in [7, 11) is 0. The molecule has 2 fully saturated rings. The van der Waals surface area contributed by atoms with E-state index in [1.807, 2.05) is 43.3 Å². The molecule has 0 amide bonds. The first-order chi connectivity index (χ1) is 17.6. The smallest absolute Gasteiger partial charge is 0.343 e. The Labute approximate surface area is 213 Å². The number of carbonyl (C=O) groups is 2. The van der Waals surface area contributed by atoms with Gasteiger partial charge in [-0.05, 0) is 79.8 Å². The molecule has 0 aliphatic heterocycles. The van der Waals surface area contributed by atoms with Crippen molar-refractivity contribution in [3.05, 3.63) is 94.5 Å². The second-order valence-corrected chi connectivity index (χ2v) is 10.2. The lowest BCUT2D eigenvalue weighted by Crippen LogP contribution is -2.18. The van der Waals surface area contributed by atoms with Gasteiger partial charge < -0.3 is 9.47 Å². The number of ether oxygens (including phenoxy) is 2. The molecular weight excluding hydrogens is 448 g/mol. The van der Waals surface area contributed by atoms with Gasteiger partial charge in [0.25, 0.3) is 0 Å². The van der Waals surface area contributed by atoms with Crippen molar-refractivity contribution in [2.45, 2.75) is 76.5 Å². The summed E-state index contributed by atoms with van der Waals surface area (Å²) in [6.45, 7) is 1.95. The molecule has 2 aliphatic rings. The second kappa shape index (κ2) is 11.1. The fourth-order valence-electron chi connectivity index (χ4n) is 5.88. The molecule has 0 aromatic heterocycles. The van der Waals surface area contributed by atoms with Crippen LogP contribution in [0.15, 0.2) is 66.7 Å². The van der Waals surface area contributed by atoms with Gasteiger partial charge in [-0.25, -0.2) is 9.59 Å². The largest absolute Gasteiger partial charge is 0.419 e. The SMILES string of the molecule is Cc1cc(C2CCCC2)c(C2CCCCC2)c(OC(=O)c2ccccc2)c1OC(=O)c1ccccc1. The average molecular weight is 483 g/mol. The first-order valence-corrected chi connectivity index (χ1v) is 13.3. The minimum atomic E-state index is -0.445. The Morgan fingerprint density at radius 1 is 0.639 bits per heavy atom. The van der Waals surface area contributed by atoms with E-state index in [2.05, 4.69) is 6.07 Å². The molecule has 0 heterocycles. The molecule has 36 heavy (non-hydrogen) atoms. The summed E-state index contributed by atoms with van der Waals surface area (Å²) in [5.41, 5.74) is 4.16. The quantitative estimate of drug-likeness (QED) is 0.263. The van der Waals surface area contributed by atoms with Crippen molar-refractivity contribution in [1.82, 2.24) is 0 Å². The van der Waals surface area contributed by atoms with Crippen LogP contribution in [0.2, 0.25) is 0 Å². The summed E-state index contributed by atoms with van der Waals surface area (Å²) < 4.78 is 12.2. The molecule has 0 atom stereocenters. The standard InChI is InChI=1S/C32H34O4/c1-22-21-27(23-13-11-12-14-23)28(24-15-5-2-6-16-24)30(36-32(34)26-19-9-4-10-20-26)29(22)35-31(33)25-17-7-3-8-18-25/h3-4,7-10,17-21,23-24H,2,5-6,11-16H2,1H3. The lowest BCUT2D eigenvalue weighted by molar-refractivity contribution is 0.0678. The molecule has 0 radical (unpaired) electrons. The monoisotopic (exact) mass is 482 g/mol. The van der Waals surface area contributed by atoms with Crippen LogP contribution in [0.5, 0.6) is 11.5 Å². The van der Waals surface area contributed by atoms with Gasteiger partial charge >= 0.3 is 11.9 Å². The minimum Gasteiger partial charge on any atom is -0.419 e. The Morgan fingerprint density at radius 2 is 1.11 bits per heavy atom. The maximum Gasteiger partial charge on any atom is 0.343 e. The van der Waals surface area contributed by atoms with Crippen LogP contribution >= 0.6 is 0 Å². The number of carbonyl (C=O) groups excluding carboxylic acids is 2. The normalized spacial score (nSPS) is 16.6. The Kier molecular flexibility index (Phi) is 7.50. The molecule has 2 saturated carbocycles. The molecule has 0 unspecified atom stereocenters. The lowest BCUT2D eigenvalue weighted by Gasteiger charge is -2.30. The zero-order valence-corrected chi connectivity index (χ0v) is 21.0. The van der Waals surface area contributed by atoms with Crippen LogP contribution in [-0.2, 0) is 0 Å². The summed E-state index contributed by atoms with van der Waals surface area (Å²) in [5, 5.41) is 0. The molecular formula is C32H34O4. The van der Waals surface area contributed by atoms with E-state index in [4.69, 9.17) is 9.47 Å². The molecule has 5 rings (SSSR count). The third kappa shape index (κ3) is 5.23. The van der Waals surface area contributed by atoms with E-state index in [1.165, 1.54) is 24.8 Å². The Balaban J connectivity index is 1.64. The average Bonchev–Trinajstić information content (AvgIpc) is 3.47. The van der Waals surface area contributed by atoms with Crippen molar-refractivity contribution in [3.8, 4) is 11.5 Å². The number of hydrogen-bond donors (Lipinski definition) is 0. The summed E-state index contributed by atoms with van der Waals surface area (Å²) >= 11 is 0. The molecule has 2 aliphatic carbocycles. The van der Waals surface area contributed by atoms with Gasteiger partial charge in [0.2, 0.25) is 0 Å². The third-order valence-corrected chi connectivity index (χ3v) is 7.71. The molecule has 186 valence electrons. The Hall–Kier alpha value is -3.40. The molecule has 0 spiro atoms. The van der Waals surface area contributed by atoms with E-state index in [9.17, 15) is 9.59 Å². The van der Waals surface area contributed by atoms with Gasteiger partial charge in [-0.3, -0.25) is 0 Å². The van der Waals surface area contributed by atoms with Gasteiger partial charge in [0.1, 0.15) is 0 Å². The molecule has 0 saturated heterocycles. The first kappa shape index (κ1) is 24.3. The van der Waals surface area contributed by atoms with E-state index in [1.54, 1.807) is 24.3 Å². The summed E-state index contributed by atoms with van der Waals surface area (Å²) in [4.78, 5) is 26.5. The highest BCUT2D eigenvalue weighted by Gasteiger charge is 2.33. The lowest BCUT2D eigenvalue weighted by atomic mass is 9.78. The van der Waals surface area contributed by atoms with Crippen LogP contribution < -0.4 is 9.47 Å². The molecule has 0 bridgehead atoms. The van der Waals surface area contributed by atoms with Crippen molar-refractivity contribution in [3.63, 3.8) is 0 Å². The molecule has 0 N–H and O–H groups in total. The van der Waals surface area contributed by atoms with Gasteiger partial charge in [-0.1, -0.05) is 74.6 Å². The van der Waals surface area contributed by atoms with Crippen molar-refractivity contribution in [1.29, 1.82) is 0 Å². The Morgan fingerprint density at radius 3 is 1.67 bits per heavy atom. The molecule has 4 heteroatoms. The number of rotatable bonds is 6. The molecule has 3 aromatic carbocycles. The number of aryl methyl sites for hydroxylation is 1. The summed E-state index contributed by atoms with van der Waals surface area (Å²) in [6.07, 6.45) is 10.4. The highest BCUT2D eigenvalue weighted by atomic mass is 16.6. The predicted octanol–water partition coefficient (Wildman–Crippen LogP) is 8.14. The summed E-state index contributed by atoms with van der Waals surface area (Å²) in [5.74, 6) is 0.695. The third-order valence-electron chi connectivity index (χ3n) is 7.71. The number of hydrogen-bond acceptors (Lipinski definition) is 4. The highest BCUT2D eigenvalue weighted by Crippen LogP contribution is 2.50. The maximum absolute atomic E-state index is 13.3. The maximum atomic E-state index is 13.3. The Bertz CT molecular complexity index is 1200. The topological polar surface area (TPSA) is 52.6 Å². The van der Waals surface area contributed by atoms with E-state index in [0.29, 0.717) is 34.5 Å². The van der Waals surface area contributed by atoms with Gasteiger partial charge in [0, 0.05) is 5.56 Å². The fourth-order valence-corrected chi connectivity index (χ4v) is 5.88. The van der Waals surface area contributed by atoms with Gasteiger partial charge in [-0.15, -0.1) is 0 Å². The van der Waals surface area contributed by atoms with Crippen LogP contribution in [-0.4, -0.2) is 11.9 Å². The van der Waals surface area contributed by atoms with E-state index in [0.717, 1.165) is 49.7 Å². The first-order valence-electron chi connectivity index (χ1n) is 13.3. The van der Waals surface area contributed by atoms with E-state index < -0.39 is 11.9 Å². The number of benzene rings is 3. The number of esters is 2.